The number of nitrogens with zero attached hydrogens (tertiary/aromatic N) is 3. The summed E-state index contributed by atoms with van der Waals surface area (Å²) in [6, 6.07) is 9.04. The number of benzene rings is 1. The predicted octanol–water partition coefficient (Wildman–Crippen LogP) is 1.05. The lowest BCUT2D eigenvalue weighted by Gasteiger charge is -2.29. The molecule has 0 radical (unpaired) electrons. The Morgan fingerprint density at radius 1 is 1.33 bits per heavy atom. The lowest BCUT2D eigenvalue weighted by atomic mass is 10.1. The van der Waals surface area contributed by atoms with E-state index in [4.69, 9.17) is 5.73 Å². The molecule has 1 aliphatic heterocycles. The van der Waals surface area contributed by atoms with Crippen molar-refractivity contribution in [3.63, 3.8) is 0 Å². The Kier molecular flexibility index (Phi) is 3.62. The van der Waals surface area contributed by atoms with Crippen molar-refractivity contribution in [2.75, 3.05) is 18.8 Å². The summed E-state index contributed by atoms with van der Waals surface area (Å²) in [7, 11) is 0. The Morgan fingerprint density at radius 3 is 2.90 bits per heavy atom. The van der Waals surface area contributed by atoms with Gasteiger partial charge in [-0.25, -0.2) is 4.68 Å². The molecule has 1 fully saturated rings. The van der Waals surface area contributed by atoms with Gasteiger partial charge < -0.3 is 15.7 Å². The van der Waals surface area contributed by atoms with E-state index in [2.05, 4.69) is 5.10 Å². The van der Waals surface area contributed by atoms with E-state index in [-0.39, 0.29) is 5.91 Å². The van der Waals surface area contributed by atoms with Gasteiger partial charge in [-0.2, -0.15) is 5.10 Å². The summed E-state index contributed by atoms with van der Waals surface area (Å²) in [5, 5.41) is 14.0. The van der Waals surface area contributed by atoms with Crippen LogP contribution < -0.4 is 5.73 Å². The zero-order chi connectivity index (χ0) is 14.8. The Hall–Kier alpha value is -2.34. The normalized spacial score (nSPS) is 18.7. The molecule has 110 valence electrons. The van der Waals surface area contributed by atoms with Gasteiger partial charge in [0, 0.05) is 19.3 Å². The summed E-state index contributed by atoms with van der Waals surface area (Å²) in [5.74, 6) is -0.151. The van der Waals surface area contributed by atoms with E-state index in [1.807, 2.05) is 18.2 Å². The Balaban J connectivity index is 1.82. The van der Waals surface area contributed by atoms with E-state index in [0.717, 1.165) is 18.5 Å². The minimum atomic E-state index is -0.436. The van der Waals surface area contributed by atoms with Gasteiger partial charge in [0.05, 0.1) is 17.5 Å². The van der Waals surface area contributed by atoms with Gasteiger partial charge >= 0.3 is 0 Å². The molecule has 2 heterocycles. The van der Waals surface area contributed by atoms with Crippen molar-refractivity contribution in [1.82, 2.24) is 14.7 Å². The number of carbonyl (C=O) groups excluding carboxylic acids is 1. The number of amides is 1. The molecule has 6 nitrogen and oxygen atoms in total. The summed E-state index contributed by atoms with van der Waals surface area (Å²) in [4.78, 5) is 14.0. The highest BCUT2D eigenvalue weighted by Gasteiger charge is 2.24. The number of piperidine rings is 1. The number of carbonyl (C=O) groups is 1. The second-order valence-electron chi connectivity index (χ2n) is 5.25. The van der Waals surface area contributed by atoms with Crippen LogP contribution in [0.2, 0.25) is 0 Å². The fraction of sp³-hybridized carbons (Fsp3) is 0.333. The molecule has 1 amide bonds. The van der Waals surface area contributed by atoms with Crippen LogP contribution in [0.3, 0.4) is 0 Å². The van der Waals surface area contributed by atoms with Gasteiger partial charge in [-0.3, -0.25) is 4.79 Å². The lowest BCUT2D eigenvalue weighted by molar-refractivity contribution is 0.0468. The molecule has 3 N–H and O–H groups in total. The summed E-state index contributed by atoms with van der Waals surface area (Å²) < 4.78 is 1.60. The minimum absolute atomic E-state index is 0.151. The highest BCUT2D eigenvalue weighted by Crippen LogP contribution is 2.17. The molecule has 1 aliphatic rings. The lowest BCUT2D eigenvalue weighted by Crippen LogP contribution is -2.42. The number of hydrogen-bond acceptors (Lipinski definition) is 4. The number of likely N-dealkylation sites (tertiary alicyclic amines) is 1. The smallest absolute Gasteiger partial charge is 0.274 e. The van der Waals surface area contributed by atoms with E-state index in [1.165, 1.54) is 0 Å². The number of aliphatic hydroxyl groups is 1. The van der Waals surface area contributed by atoms with Crippen molar-refractivity contribution in [1.29, 1.82) is 0 Å². The van der Waals surface area contributed by atoms with Crippen molar-refractivity contribution >= 4 is 11.6 Å². The monoisotopic (exact) mass is 286 g/mol. The molecule has 0 saturated carbocycles. The SMILES string of the molecule is Nc1ccccc1-n1ccc(C(=O)N2CCC[C@H](O)C2)n1. The number of nitrogen functional groups attached to an aromatic ring is 1. The first-order valence-corrected chi connectivity index (χ1v) is 7.03. The number of aromatic nitrogens is 2. The number of hydrogen-bond donors (Lipinski definition) is 2. The first kappa shape index (κ1) is 13.6. The summed E-state index contributed by atoms with van der Waals surface area (Å²) >= 11 is 0. The second-order valence-corrected chi connectivity index (χ2v) is 5.25. The van der Waals surface area contributed by atoms with E-state index in [0.29, 0.717) is 24.5 Å². The van der Waals surface area contributed by atoms with Gasteiger partial charge in [-0.15, -0.1) is 0 Å². The molecule has 1 aromatic carbocycles. The maximum absolute atomic E-state index is 12.4. The highest BCUT2D eigenvalue weighted by atomic mass is 16.3. The van der Waals surface area contributed by atoms with Crippen molar-refractivity contribution in [3.05, 3.63) is 42.2 Å². The number of β-amino-alcohol motifs (C(OH)–C–C–N with tert-alkyl or cyclic N) is 1. The fourth-order valence-electron chi connectivity index (χ4n) is 2.57. The molecule has 6 heteroatoms. The summed E-state index contributed by atoms with van der Waals surface area (Å²) in [6.07, 6.45) is 2.85. The Bertz CT molecular complexity index is 653. The molecule has 0 bridgehead atoms. The molecule has 21 heavy (non-hydrogen) atoms. The minimum Gasteiger partial charge on any atom is -0.397 e. The molecule has 0 unspecified atom stereocenters. The van der Waals surface area contributed by atoms with Gasteiger partial charge in [-0.1, -0.05) is 12.1 Å². The third-order valence-corrected chi connectivity index (χ3v) is 3.68. The molecule has 0 aliphatic carbocycles. The van der Waals surface area contributed by atoms with Crippen LogP contribution in [0.4, 0.5) is 5.69 Å². The number of anilines is 1. The Morgan fingerprint density at radius 2 is 2.14 bits per heavy atom. The van der Waals surface area contributed by atoms with Crippen molar-refractivity contribution in [3.8, 4) is 5.69 Å². The average Bonchev–Trinajstić information content (AvgIpc) is 2.96. The molecule has 0 spiro atoms. The zero-order valence-corrected chi connectivity index (χ0v) is 11.6. The first-order chi connectivity index (χ1) is 10.1. The summed E-state index contributed by atoms with van der Waals surface area (Å²) in [5.41, 5.74) is 7.63. The molecular formula is C15H18N4O2. The molecule has 2 aromatic rings. The van der Waals surface area contributed by atoms with Crippen molar-refractivity contribution < 1.29 is 9.90 Å². The van der Waals surface area contributed by atoms with Crippen LogP contribution in [0, 0.1) is 0 Å². The van der Waals surface area contributed by atoms with Crippen LogP contribution in [-0.2, 0) is 0 Å². The van der Waals surface area contributed by atoms with Crippen LogP contribution in [0.25, 0.3) is 5.69 Å². The number of para-hydroxylation sites is 2. The third kappa shape index (κ3) is 2.75. The largest absolute Gasteiger partial charge is 0.397 e. The van der Waals surface area contributed by atoms with E-state index >= 15 is 0 Å². The molecule has 1 aromatic heterocycles. The first-order valence-electron chi connectivity index (χ1n) is 7.03. The van der Waals surface area contributed by atoms with Crippen LogP contribution in [0.15, 0.2) is 36.5 Å². The third-order valence-electron chi connectivity index (χ3n) is 3.68. The van der Waals surface area contributed by atoms with Crippen LogP contribution in [0.1, 0.15) is 23.3 Å². The topological polar surface area (TPSA) is 84.4 Å². The van der Waals surface area contributed by atoms with Crippen molar-refractivity contribution in [2.24, 2.45) is 0 Å². The van der Waals surface area contributed by atoms with Gasteiger partial charge in [0.25, 0.3) is 5.91 Å². The second kappa shape index (κ2) is 5.57. The van der Waals surface area contributed by atoms with Gasteiger partial charge in [0.1, 0.15) is 0 Å². The molecule has 3 rings (SSSR count). The molecule has 1 atom stereocenters. The predicted molar refractivity (Wildman–Crippen MR) is 79.1 cm³/mol. The number of rotatable bonds is 2. The molecule has 1 saturated heterocycles. The fourth-order valence-corrected chi connectivity index (χ4v) is 2.57. The van der Waals surface area contributed by atoms with Gasteiger partial charge in [0.15, 0.2) is 5.69 Å². The number of aliphatic hydroxyl groups excluding tert-OH is 1. The zero-order valence-electron chi connectivity index (χ0n) is 11.6. The van der Waals surface area contributed by atoms with Crippen LogP contribution in [-0.4, -0.2) is 44.9 Å². The average molecular weight is 286 g/mol. The van der Waals surface area contributed by atoms with Gasteiger partial charge in [0.2, 0.25) is 0 Å². The van der Waals surface area contributed by atoms with Crippen LogP contribution in [0.5, 0.6) is 0 Å². The number of nitrogens with two attached hydrogens (primary N) is 1. The van der Waals surface area contributed by atoms with Gasteiger partial charge in [-0.05, 0) is 31.0 Å². The van der Waals surface area contributed by atoms with E-state index < -0.39 is 6.10 Å². The molecular weight excluding hydrogens is 268 g/mol. The highest BCUT2D eigenvalue weighted by molar-refractivity contribution is 5.92. The Labute approximate surface area is 122 Å². The maximum atomic E-state index is 12.4. The standard InChI is InChI=1S/C15H18N4O2/c16-12-5-1-2-6-14(12)19-9-7-13(17-19)15(21)18-8-3-4-11(20)10-18/h1-2,5-7,9,11,20H,3-4,8,10,16H2/t11-/m0/s1. The summed E-state index contributed by atoms with van der Waals surface area (Å²) in [6.45, 7) is 1.04. The van der Waals surface area contributed by atoms with E-state index in [9.17, 15) is 9.90 Å². The quantitative estimate of drug-likeness (QED) is 0.808. The van der Waals surface area contributed by atoms with E-state index in [1.54, 1.807) is 27.9 Å². The van der Waals surface area contributed by atoms with Crippen molar-refractivity contribution in [2.45, 2.75) is 18.9 Å². The maximum Gasteiger partial charge on any atom is 0.274 e. The van der Waals surface area contributed by atoms with Crippen LogP contribution >= 0.6 is 0 Å².